The van der Waals surface area contributed by atoms with E-state index in [4.69, 9.17) is 0 Å². The van der Waals surface area contributed by atoms with Gasteiger partial charge in [0, 0.05) is 42.1 Å². The molecule has 1 aliphatic rings. The van der Waals surface area contributed by atoms with Gasteiger partial charge in [-0.05, 0) is 78.1 Å². The number of aryl methyl sites for hydroxylation is 1. The average molecular weight is 390 g/mol. The van der Waals surface area contributed by atoms with E-state index in [9.17, 15) is 4.79 Å². The quantitative estimate of drug-likeness (QED) is 0.632. The molecule has 1 saturated heterocycles. The molecule has 0 amide bonds. The van der Waals surface area contributed by atoms with Crippen LogP contribution in [-0.4, -0.2) is 18.1 Å². The minimum atomic E-state index is -0.0258. The summed E-state index contributed by atoms with van der Waals surface area (Å²) in [6.07, 6.45) is 2.31. The minimum absolute atomic E-state index is 0.0258. The van der Waals surface area contributed by atoms with E-state index in [1.54, 1.807) is 0 Å². The molecular weight excluding hydrogens is 358 g/mol. The Hall–Kier alpha value is -2.75. The third-order valence-corrected chi connectivity index (χ3v) is 5.98. The first-order valence-corrected chi connectivity index (χ1v) is 10.8. The fraction of sp³-hybridized carbons (Fsp3) is 0.400. The fourth-order valence-corrected chi connectivity index (χ4v) is 4.51. The molecule has 0 saturated carbocycles. The molecule has 4 heteroatoms. The van der Waals surface area contributed by atoms with Crippen LogP contribution in [0.2, 0.25) is 0 Å². The Morgan fingerprint density at radius 3 is 2.45 bits per heavy atom. The van der Waals surface area contributed by atoms with Crippen molar-refractivity contribution in [1.82, 2.24) is 4.98 Å². The summed E-state index contributed by atoms with van der Waals surface area (Å²) in [5, 5.41) is 4.49. The van der Waals surface area contributed by atoms with E-state index in [1.807, 2.05) is 12.1 Å². The highest BCUT2D eigenvalue weighted by Crippen LogP contribution is 2.27. The molecule has 152 valence electrons. The summed E-state index contributed by atoms with van der Waals surface area (Å²) in [4.78, 5) is 17.9. The lowest BCUT2D eigenvalue weighted by Gasteiger charge is -2.36. The smallest absolute Gasteiger partial charge is 0.253 e. The number of aromatic amines is 1. The van der Waals surface area contributed by atoms with E-state index in [0.29, 0.717) is 6.54 Å². The molecule has 4 nitrogen and oxygen atoms in total. The molecule has 2 atom stereocenters. The summed E-state index contributed by atoms with van der Waals surface area (Å²) < 4.78 is 0. The maximum Gasteiger partial charge on any atom is 0.253 e. The van der Waals surface area contributed by atoms with Gasteiger partial charge in [0.15, 0.2) is 0 Å². The molecule has 3 aromatic rings. The largest absolute Gasteiger partial charge is 0.381 e. The maximum atomic E-state index is 12.4. The average Bonchev–Trinajstić information content (AvgIpc) is 2.71. The van der Waals surface area contributed by atoms with Crippen molar-refractivity contribution in [3.8, 4) is 0 Å². The number of nitrogens with zero attached hydrogens (tertiary/aromatic N) is 1. The number of H-pyrrole nitrogens is 1. The topological polar surface area (TPSA) is 48.1 Å². The molecular formula is C25H31N3O. The highest BCUT2D eigenvalue weighted by Gasteiger charge is 2.21. The van der Waals surface area contributed by atoms with Gasteiger partial charge < -0.3 is 15.2 Å². The third-order valence-electron chi connectivity index (χ3n) is 5.98. The zero-order chi connectivity index (χ0) is 20.4. The van der Waals surface area contributed by atoms with Gasteiger partial charge in [-0.15, -0.1) is 0 Å². The van der Waals surface area contributed by atoms with Crippen LogP contribution < -0.4 is 15.8 Å². The van der Waals surface area contributed by atoms with Crippen LogP contribution in [0.5, 0.6) is 0 Å². The molecule has 1 fully saturated rings. The van der Waals surface area contributed by atoms with Gasteiger partial charge >= 0.3 is 0 Å². The molecule has 0 aliphatic carbocycles. The number of rotatable bonds is 5. The second-order valence-corrected chi connectivity index (χ2v) is 8.65. The Kier molecular flexibility index (Phi) is 5.61. The van der Waals surface area contributed by atoms with Gasteiger partial charge in [-0.2, -0.15) is 0 Å². The molecule has 0 bridgehead atoms. The first-order valence-electron chi connectivity index (χ1n) is 10.8. The van der Waals surface area contributed by atoms with Crippen molar-refractivity contribution in [3.63, 3.8) is 0 Å². The van der Waals surface area contributed by atoms with Gasteiger partial charge in [-0.1, -0.05) is 26.8 Å². The van der Waals surface area contributed by atoms with Crippen LogP contribution in [-0.2, 0) is 13.0 Å². The number of anilines is 2. The van der Waals surface area contributed by atoms with Gasteiger partial charge in [0.25, 0.3) is 5.56 Å². The second-order valence-electron chi connectivity index (χ2n) is 8.65. The summed E-state index contributed by atoms with van der Waals surface area (Å²) in [6.45, 7) is 9.59. The Balaban J connectivity index is 1.46. The van der Waals surface area contributed by atoms with Crippen molar-refractivity contribution in [3.05, 3.63) is 70.0 Å². The Bertz CT molecular complexity index is 1030. The number of nitrogens with one attached hydrogen (secondary N) is 2. The third kappa shape index (κ3) is 4.47. The van der Waals surface area contributed by atoms with Gasteiger partial charge in [-0.25, -0.2) is 0 Å². The van der Waals surface area contributed by atoms with Crippen molar-refractivity contribution in [1.29, 1.82) is 0 Å². The van der Waals surface area contributed by atoms with E-state index < -0.39 is 0 Å². The van der Waals surface area contributed by atoms with Crippen LogP contribution >= 0.6 is 0 Å². The van der Waals surface area contributed by atoms with Gasteiger partial charge in [0.2, 0.25) is 0 Å². The SMILES string of the molecule is CCc1ccc2[nH]c(=O)c(CNc3ccc(N4CC(C)CC(C)C4)cc3)cc2c1. The van der Waals surface area contributed by atoms with Crippen LogP contribution in [0.3, 0.4) is 0 Å². The van der Waals surface area contributed by atoms with Crippen LogP contribution in [0.4, 0.5) is 11.4 Å². The summed E-state index contributed by atoms with van der Waals surface area (Å²) >= 11 is 0. The summed E-state index contributed by atoms with van der Waals surface area (Å²) in [7, 11) is 0. The van der Waals surface area contributed by atoms with E-state index in [0.717, 1.165) is 53.5 Å². The van der Waals surface area contributed by atoms with Crippen LogP contribution in [0.1, 0.15) is 38.3 Å². The van der Waals surface area contributed by atoms with E-state index >= 15 is 0 Å². The fourth-order valence-electron chi connectivity index (χ4n) is 4.51. The minimum Gasteiger partial charge on any atom is -0.381 e. The molecule has 4 rings (SSSR count). The molecule has 1 aliphatic heterocycles. The zero-order valence-corrected chi connectivity index (χ0v) is 17.7. The monoisotopic (exact) mass is 389 g/mol. The second kappa shape index (κ2) is 8.32. The molecule has 2 N–H and O–H groups in total. The highest BCUT2D eigenvalue weighted by atomic mass is 16.1. The lowest BCUT2D eigenvalue weighted by molar-refractivity contribution is 0.357. The number of fused-ring (bicyclic) bond motifs is 1. The summed E-state index contributed by atoms with van der Waals surface area (Å²) in [5.74, 6) is 1.48. The van der Waals surface area contributed by atoms with Crippen molar-refractivity contribution in [2.24, 2.45) is 11.8 Å². The Morgan fingerprint density at radius 2 is 1.76 bits per heavy atom. The number of pyridine rings is 1. The van der Waals surface area contributed by atoms with Gasteiger partial charge in [0.1, 0.15) is 0 Å². The molecule has 2 aromatic carbocycles. The van der Waals surface area contributed by atoms with Gasteiger partial charge in [0.05, 0.1) is 0 Å². The zero-order valence-electron chi connectivity index (χ0n) is 17.7. The lowest BCUT2D eigenvalue weighted by Crippen LogP contribution is -2.38. The predicted octanol–water partition coefficient (Wildman–Crippen LogP) is 5.18. The van der Waals surface area contributed by atoms with Crippen LogP contribution in [0, 0.1) is 11.8 Å². The van der Waals surface area contributed by atoms with E-state index in [1.165, 1.54) is 17.7 Å². The van der Waals surface area contributed by atoms with Crippen molar-refractivity contribution < 1.29 is 0 Å². The first-order chi connectivity index (χ1) is 14.0. The number of piperidine rings is 1. The molecule has 1 aromatic heterocycles. The van der Waals surface area contributed by atoms with Crippen molar-refractivity contribution >= 4 is 22.3 Å². The molecule has 0 radical (unpaired) electrons. The molecule has 29 heavy (non-hydrogen) atoms. The maximum absolute atomic E-state index is 12.4. The Labute approximate surface area is 173 Å². The van der Waals surface area contributed by atoms with Crippen LogP contribution in [0.15, 0.2) is 53.3 Å². The van der Waals surface area contributed by atoms with E-state index in [-0.39, 0.29) is 5.56 Å². The standard InChI is InChI=1S/C25H31N3O/c1-4-19-5-10-24-20(12-19)13-21(25(29)27-24)14-26-22-6-8-23(9-7-22)28-15-17(2)11-18(3)16-28/h5-10,12-13,17-18,26H,4,11,14-16H2,1-3H3,(H,27,29). The summed E-state index contributed by atoms with van der Waals surface area (Å²) in [5.41, 5.74) is 5.22. The molecule has 2 heterocycles. The van der Waals surface area contributed by atoms with Crippen LogP contribution in [0.25, 0.3) is 10.9 Å². The van der Waals surface area contributed by atoms with E-state index in [2.05, 4.69) is 72.4 Å². The van der Waals surface area contributed by atoms with Gasteiger partial charge in [-0.3, -0.25) is 4.79 Å². The summed E-state index contributed by atoms with van der Waals surface area (Å²) in [6, 6.07) is 16.8. The molecule has 2 unspecified atom stereocenters. The number of hydrogen-bond donors (Lipinski definition) is 2. The number of aromatic nitrogens is 1. The Morgan fingerprint density at radius 1 is 1.03 bits per heavy atom. The normalized spacial score (nSPS) is 19.5. The lowest BCUT2D eigenvalue weighted by atomic mass is 9.91. The van der Waals surface area contributed by atoms with Crippen molar-refractivity contribution in [2.45, 2.75) is 40.2 Å². The molecule has 0 spiro atoms. The highest BCUT2D eigenvalue weighted by molar-refractivity contribution is 5.79. The number of hydrogen-bond acceptors (Lipinski definition) is 3. The first kappa shape index (κ1) is 19.6. The van der Waals surface area contributed by atoms with Crippen molar-refractivity contribution in [2.75, 3.05) is 23.3 Å². The predicted molar refractivity (Wildman–Crippen MR) is 123 cm³/mol. The number of benzene rings is 2.